The van der Waals surface area contributed by atoms with E-state index in [0.29, 0.717) is 5.56 Å². The van der Waals surface area contributed by atoms with E-state index < -0.39 is 0 Å². The molecule has 0 aliphatic carbocycles. The van der Waals surface area contributed by atoms with E-state index in [1.54, 1.807) is 18.0 Å². The highest BCUT2D eigenvalue weighted by atomic mass is 32.2. The minimum absolute atomic E-state index is 0.0943. The zero-order chi connectivity index (χ0) is 14.7. The van der Waals surface area contributed by atoms with Crippen LogP contribution >= 0.6 is 11.8 Å². The van der Waals surface area contributed by atoms with Crippen LogP contribution in [0.1, 0.15) is 10.4 Å². The Morgan fingerprint density at radius 2 is 1.95 bits per heavy atom. The maximum atomic E-state index is 12.4. The van der Waals surface area contributed by atoms with Crippen LogP contribution in [0.25, 0.3) is 10.9 Å². The molecule has 0 fully saturated rings. The summed E-state index contributed by atoms with van der Waals surface area (Å²) >= 11 is 1.57. The summed E-state index contributed by atoms with van der Waals surface area (Å²) in [6.45, 7) is 0. The molecule has 1 heterocycles. The number of amides is 1. The summed E-state index contributed by atoms with van der Waals surface area (Å²) in [6.07, 6.45) is 3.73. The van der Waals surface area contributed by atoms with E-state index in [1.807, 2.05) is 60.9 Å². The lowest BCUT2D eigenvalue weighted by Gasteiger charge is -2.09. The van der Waals surface area contributed by atoms with Crippen LogP contribution in [0.3, 0.4) is 0 Å². The van der Waals surface area contributed by atoms with Crippen LogP contribution in [0, 0.1) is 0 Å². The molecule has 2 aromatic carbocycles. The quantitative estimate of drug-likeness (QED) is 0.736. The number of anilines is 1. The third-order valence-corrected chi connectivity index (χ3v) is 4.01. The van der Waals surface area contributed by atoms with Crippen molar-refractivity contribution in [3.05, 3.63) is 66.4 Å². The molecule has 0 aliphatic heterocycles. The normalized spacial score (nSPS) is 10.5. The third-order valence-electron chi connectivity index (χ3n) is 3.21. The first-order chi connectivity index (χ1) is 10.3. The summed E-state index contributed by atoms with van der Waals surface area (Å²) in [7, 11) is 0. The Hall–Kier alpha value is -2.33. The van der Waals surface area contributed by atoms with Crippen molar-refractivity contribution in [1.82, 2.24) is 4.98 Å². The Labute approximate surface area is 127 Å². The van der Waals surface area contributed by atoms with Crippen LogP contribution in [0.5, 0.6) is 0 Å². The second-order valence-electron chi connectivity index (χ2n) is 4.57. The second-order valence-corrected chi connectivity index (χ2v) is 5.41. The van der Waals surface area contributed by atoms with E-state index in [2.05, 4.69) is 10.3 Å². The number of pyridine rings is 1. The van der Waals surface area contributed by atoms with Crippen molar-refractivity contribution >= 4 is 34.3 Å². The van der Waals surface area contributed by atoms with E-state index in [4.69, 9.17) is 0 Å². The fraction of sp³-hybridized carbons (Fsp3) is 0.0588. The Balaban J connectivity index is 1.89. The molecule has 3 aromatic rings. The molecule has 0 spiro atoms. The van der Waals surface area contributed by atoms with Gasteiger partial charge in [-0.25, -0.2) is 0 Å². The molecule has 0 bridgehead atoms. The van der Waals surface area contributed by atoms with Gasteiger partial charge in [-0.3, -0.25) is 9.78 Å². The Bertz CT molecular complexity index is 801. The predicted octanol–water partition coefficient (Wildman–Crippen LogP) is 4.21. The van der Waals surface area contributed by atoms with Crippen molar-refractivity contribution < 1.29 is 4.79 Å². The van der Waals surface area contributed by atoms with Gasteiger partial charge >= 0.3 is 0 Å². The third kappa shape index (κ3) is 2.90. The summed E-state index contributed by atoms with van der Waals surface area (Å²) in [5.74, 6) is -0.0943. The monoisotopic (exact) mass is 294 g/mol. The van der Waals surface area contributed by atoms with Crippen LogP contribution in [0.2, 0.25) is 0 Å². The van der Waals surface area contributed by atoms with Crippen LogP contribution in [-0.4, -0.2) is 17.1 Å². The molecule has 0 aliphatic rings. The Kier molecular flexibility index (Phi) is 3.88. The van der Waals surface area contributed by atoms with Crippen LogP contribution in [0.4, 0.5) is 5.69 Å². The van der Waals surface area contributed by atoms with E-state index >= 15 is 0 Å². The fourth-order valence-electron chi connectivity index (χ4n) is 2.18. The average Bonchev–Trinajstić information content (AvgIpc) is 2.54. The largest absolute Gasteiger partial charge is 0.322 e. The van der Waals surface area contributed by atoms with Gasteiger partial charge in [-0.2, -0.15) is 0 Å². The minimum Gasteiger partial charge on any atom is -0.322 e. The van der Waals surface area contributed by atoms with E-state index in [9.17, 15) is 4.79 Å². The number of rotatable bonds is 3. The maximum absolute atomic E-state index is 12.4. The van der Waals surface area contributed by atoms with Gasteiger partial charge in [0.05, 0.1) is 11.1 Å². The average molecular weight is 294 g/mol. The molecular formula is C17H14N2OS. The number of nitrogens with zero attached hydrogens (tertiary/aromatic N) is 1. The zero-order valence-corrected chi connectivity index (χ0v) is 12.4. The molecule has 104 valence electrons. The molecule has 0 saturated heterocycles. The number of hydrogen-bond donors (Lipinski definition) is 1. The molecule has 0 saturated carbocycles. The number of carbonyl (C=O) groups excluding carboxylic acids is 1. The molecular weight excluding hydrogens is 280 g/mol. The highest BCUT2D eigenvalue weighted by Crippen LogP contribution is 2.22. The molecule has 3 rings (SSSR count). The van der Waals surface area contributed by atoms with Gasteiger partial charge in [0, 0.05) is 22.2 Å². The number of carbonyl (C=O) groups is 1. The lowest BCUT2D eigenvalue weighted by molar-refractivity contribution is 0.102. The van der Waals surface area contributed by atoms with Gasteiger partial charge < -0.3 is 5.32 Å². The Morgan fingerprint density at radius 1 is 1.10 bits per heavy atom. The lowest BCUT2D eigenvalue weighted by Crippen LogP contribution is -2.12. The SMILES string of the molecule is CSc1ccccc1C(=O)Nc1ccc2ncccc2c1. The first kappa shape index (κ1) is 13.6. The van der Waals surface area contributed by atoms with E-state index in [0.717, 1.165) is 21.5 Å². The fourth-order valence-corrected chi connectivity index (χ4v) is 2.78. The summed E-state index contributed by atoms with van der Waals surface area (Å²) in [4.78, 5) is 17.6. The van der Waals surface area contributed by atoms with Gasteiger partial charge in [0.15, 0.2) is 0 Å². The highest BCUT2D eigenvalue weighted by Gasteiger charge is 2.10. The molecule has 0 radical (unpaired) electrons. The van der Waals surface area contributed by atoms with Gasteiger partial charge in [-0.15, -0.1) is 11.8 Å². The second kappa shape index (κ2) is 5.97. The van der Waals surface area contributed by atoms with Crippen molar-refractivity contribution in [3.8, 4) is 0 Å². The maximum Gasteiger partial charge on any atom is 0.256 e. The zero-order valence-electron chi connectivity index (χ0n) is 11.5. The first-order valence-electron chi connectivity index (χ1n) is 6.57. The molecule has 4 heteroatoms. The summed E-state index contributed by atoms with van der Waals surface area (Å²) < 4.78 is 0. The van der Waals surface area contributed by atoms with Crippen LogP contribution < -0.4 is 5.32 Å². The molecule has 3 nitrogen and oxygen atoms in total. The van der Waals surface area contributed by atoms with Crippen molar-refractivity contribution in [2.24, 2.45) is 0 Å². The van der Waals surface area contributed by atoms with E-state index in [1.165, 1.54) is 0 Å². The van der Waals surface area contributed by atoms with Crippen molar-refractivity contribution in [2.45, 2.75) is 4.90 Å². The number of benzene rings is 2. The topological polar surface area (TPSA) is 42.0 Å². The number of thioether (sulfide) groups is 1. The van der Waals surface area contributed by atoms with E-state index in [-0.39, 0.29) is 5.91 Å². The highest BCUT2D eigenvalue weighted by molar-refractivity contribution is 7.98. The van der Waals surface area contributed by atoms with Gasteiger partial charge in [-0.05, 0) is 42.7 Å². The summed E-state index contributed by atoms with van der Waals surface area (Å²) in [5.41, 5.74) is 2.38. The predicted molar refractivity (Wildman–Crippen MR) is 87.9 cm³/mol. The minimum atomic E-state index is -0.0943. The number of fused-ring (bicyclic) bond motifs is 1. The molecule has 0 atom stereocenters. The van der Waals surface area contributed by atoms with Gasteiger partial charge in [0.25, 0.3) is 5.91 Å². The molecule has 0 unspecified atom stereocenters. The van der Waals surface area contributed by atoms with Crippen LogP contribution in [-0.2, 0) is 0 Å². The van der Waals surface area contributed by atoms with Crippen molar-refractivity contribution in [3.63, 3.8) is 0 Å². The van der Waals surface area contributed by atoms with Crippen molar-refractivity contribution in [1.29, 1.82) is 0 Å². The van der Waals surface area contributed by atoms with Crippen molar-refractivity contribution in [2.75, 3.05) is 11.6 Å². The Morgan fingerprint density at radius 3 is 2.81 bits per heavy atom. The summed E-state index contributed by atoms with van der Waals surface area (Å²) in [6, 6.07) is 17.2. The van der Waals surface area contributed by atoms with Gasteiger partial charge in [0.2, 0.25) is 0 Å². The molecule has 21 heavy (non-hydrogen) atoms. The number of nitrogens with one attached hydrogen (secondary N) is 1. The number of hydrogen-bond acceptors (Lipinski definition) is 3. The van der Waals surface area contributed by atoms with Gasteiger partial charge in [0.1, 0.15) is 0 Å². The molecule has 1 amide bonds. The lowest BCUT2D eigenvalue weighted by atomic mass is 10.1. The number of aromatic nitrogens is 1. The van der Waals surface area contributed by atoms with Gasteiger partial charge in [-0.1, -0.05) is 18.2 Å². The summed E-state index contributed by atoms with van der Waals surface area (Å²) in [5, 5.41) is 3.95. The van der Waals surface area contributed by atoms with Crippen LogP contribution in [0.15, 0.2) is 65.7 Å². The first-order valence-corrected chi connectivity index (χ1v) is 7.79. The molecule has 1 N–H and O–H groups in total. The molecule has 1 aromatic heterocycles. The standard InChI is InChI=1S/C17H14N2OS/c1-21-16-7-3-2-6-14(16)17(20)19-13-8-9-15-12(11-13)5-4-10-18-15/h2-11H,1H3,(H,19,20). The smallest absolute Gasteiger partial charge is 0.256 e.